The Bertz CT molecular complexity index is 537. The van der Waals surface area contributed by atoms with Gasteiger partial charge in [-0.05, 0) is 25.3 Å². The molecule has 2 aromatic rings. The van der Waals surface area contributed by atoms with Crippen LogP contribution in [-0.4, -0.2) is 11.1 Å². The molecule has 0 aliphatic rings. The number of benzene rings is 1. The largest absolute Gasteiger partial charge is 0.359 e. The minimum atomic E-state index is -0.128. The summed E-state index contributed by atoms with van der Waals surface area (Å²) in [6.07, 6.45) is 2.11. The number of amides is 1. The van der Waals surface area contributed by atoms with Crippen LogP contribution >= 0.6 is 0 Å². The van der Waals surface area contributed by atoms with Crippen LogP contribution in [0.4, 0.5) is 0 Å². The smallest absolute Gasteiger partial charge is 0.243 e. The van der Waals surface area contributed by atoms with E-state index in [1.807, 2.05) is 25.1 Å². The molecule has 0 fully saturated rings. The van der Waals surface area contributed by atoms with Gasteiger partial charge in [0.15, 0.2) is 5.76 Å². The molecule has 1 N–H and O–H groups in total. The average Bonchev–Trinajstić information content (AvgIpc) is 2.86. The van der Waals surface area contributed by atoms with E-state index in [0.29, 0.717) is 12.2 Å². The van der Waals surface area contributed by atoms with Gasteiger partial charge in [0.05, 0.1) is 5.69 Å². The summed E-state index contributed by atoms with van der Waals surface area (Å²) < 4.78 is 4.96. The summed E-state index contributed by atoms with van der Waals surface area (Å²) in [7, 11) is 0. The van der Waals surface area contributed by atoms with Crippen LogP contribution in [0.1, 0.15) is 29.9 Å². The lowest BCUT2D eigenvalue weighted by atomic mass is 10.1. The molecule has 2 rings (SSSR count). The lowest BCUT2D eigenvalue weighted by Crippen LogP contribution is -2.23. The number of carbonyl (C=O) groups is 1. The third kappa shape index (κ3) is 4.85. The Morgan fingerprint density at radius 3 is 2.85 bits per heavy atom. The molecule has 0 saturated carbocycles. The van der Waals surface area contributed by atoms with Gasteiger partial charge in [-0.1, -0.05) is 35.5 Å². The molecule has 20 heavy (non-hydrogen) atoms. The Morgan fingerprint density at radius 1 is 1.35 bits per heavy atom. The Hall–Kier alpha value is -2.14. The van der Waals surface area contributed by atoms with Gasteiger partial charge in [-0.2, -0.15) is 0 Å². The zero-order valence-corrected chi connectivity index (χ0v) is 11.5. The number of hydrogen-bond donors (Lipinski definition) is 1. The molecule has 106 valence electrons. The van der Waals surface area contributed by atoms with E-state index in [1.165, 1.54) is 5.56 Å². The van der Waals surface area contributed by atoms with Gasteiger partial charge >= 0.3 is 0 Å². The summed E-state index contributed by atoms with van der Waals surface area (Å²) in [5.41, 5.74) is 4.42. The van der Waals surface area contributed by atoms with Gasteiger partial charge in [-0.3, -0.25) is 9.63 Å². The number of nitrogens with one attached hydrogen (secondary N) is 1. The first-order valence-corrected chi connectivity index (χ1v) is 6.61. The Balaban J connectivity index is 1.59. The van der Waals surface area contributed by atoms with Gasteiger partial charge in [-0.15, -0.1) is 0 Å². The molecule has 0 spiro atoms. The summed E-state index contributed by atoms with van der Waals surface area (Å²) in [4.78, 5) is 16.6. The van der Waals surface area contributed by atoms with Crippen LogP contribution in [0.15, 0.2) is 40.9 Å². The van der Waals surface area contributed by atoms with Crippen molar-refractivity contribution in [2.45, 2.75) is 32.8 Å². The Kier molecular flexibility index (Phi) is 5.32. The van der Waals surface area contributed by atoms with E-state index in [2.05, 4.69) is 22.8 Å². The van der Waals surface area contributed by atoms with Gasteiger partial charge in [0.2, 0.25) is 5.91 Å². The van der Waals surface area contributed by atoms with Crippen LogP contribution in [0.25, 0.3) is 0 Å². The highest BCUT2D eigenvalue weighted by atomic mass is 16.7. The second kappa shape index (κ2) is 7.45. The second-order valence-corrected chi connectivity index (χ2v) is 4.59. The van der Waals surface area contributed by atoms with Gasteiger partial charge in [-0.25, -0.2) is 5.48 Å². The zero-order valence-electron chi connectivity index (χ0n) is 11.5. The zero-order chi connectivity index (χ0) is 14.2. The predicted octanol–water partition coefficient (Wildman–Crippen LogP) is 2.55. The SMILES string of the molecule is Cc1cc(CONC(=O)CCCc2ccccc2)on1. The third-order valence-corrected chi connectivity index (χ3v) is 2.79. The number of carbonyl (C=O) groups excluding carboxylic acids is 1. The third-order valence-electron chi connectivity index (χ3n) is 2.79. The van der Waals surface area contributed by atoms with Crippen LogP contribution in [0.2, 0.25) is 0 Å². The number of aryl methyl sites for hydroxylation is 2. The first-order valence-electron chi connectivity index (χ1n) is 6.61. The highest BCUT2D eigenvalue weighted by Gasteiger charge is 2.04. The topological polar surface area (TPSA) is 64.4 Å². The first-order chi connectivity index (χ1) is 9.74. The van der Waals surface area contributed by atoms with Gasteiger partial charge in [0.1, 0.15) is 6.61 Å². The maximum atomic E-state index is 11.5. The summed E-state index contributed by atoms with van der Waals surface area (Å²) in [6.45, 7) is 2.01. The van der Waals surface area contributed by atoms with Gasteiger partial charge < -0.3 is 4.52 Å². The molecule has 0 saturated heterocycles. The number of hydrogen-bond acceptors (Lipinski definition) is 4. The quantitative estimate of drug-likeness (QED) is 0.788. The van der Waals surface area contributed by atoms with Crippen molar-refractivity contribution in [1.29, 1.82) is 0 Å². The molecule has 0 unspecified atom stereocenters. The molecular weight excluding hydrogens is 256 g/mol. The molecular formula is C15H18N2O3. The maximum Gasteiger partial charge on any atom is 0.243 e. The van der Waals surface area contributed by atoms with Crippen molar-refractivity contribution >= 4 is 5.91 Å². The summed E-state index contributed by atoms with van der Waals surface area (Å²) in [5, 5.41) is 3.73. The van der Waals surface area contributed by atoms with Crippen molar-refractivity contribution in [2.75, 3.05) is 0 Å². The van der Waals surface area contributed by atoms with Crippen LogP contribution in [-0.2, 0) is 22.7 Å². The lowest BCUT2D eigenvalue weighted by Gasteiger charge is -2.04. The highest BCUT2D eigenvalue weighted by molar-refractivity contribution is 5.74. The fourth-order valence-corrected chi connectivity index (χ4v) is 1.82. The number of hydroxylamine groups is 1. The van der Waals surface area contributed by atoms with E-state index >= 15 is 0 Å². The van der Waals surface area contributed by atoms with Crippen LogP contribution in [0.5, 0.6) is 0 Å². The van der Waals surface area contributed by atoms with Gasteiger partial charge in [0, 0.05) is 12.5 Å². The summed E-state index contributed by atoms with van der Waals surface area (Å²) in [6, 6.07) is 11.9. The number of aromatic nitrogens is 1. The number of nitrogens with zero attached hydrogens (tertiary/aromatic N) is 1. The van der Waals surface area contributed by atoms with Crippen LogP contribution < -0.4 is 5.48 Å². The minimum Gasteiger partial charge on any atom is -0.359 e. The fraction of sp³-hybridized carbons (Fsp3) is 0.333. The molecule has 1 amide bonds. The predicted molar refractivity (Wildman–Crippen MR) is 73.6 cm³/mol. The van der Waals surface area contributed by atoms with E-state index in [9.17, 15) is 4.79 Å². The molecule has 0 aliphatic carbocycles. The Labute approximate surface area is 117 Å². The van der Waals surface area contributed by atoms with E-state index in [4.69, 9.17) is 9.36 Å². The van der Waals surface area contributed by atoms with E-state index in [-0.39, 0.29) is 12.5 Å². The summed E-state index contributed by atoms with van der Waals surface area (Å²) in [5.74, 6) is 0.462. The van der Waals surface area contributed by atoms with Crippen molar-refractivity contribution in [3.8, 4) is 0 Å². The van der Waals surface area contributed by atoms with Crippen molar-refractivity contribution in [2.24, 2.45) is 0 Å². The van der Waals surface area contributed by atoms with E-state index in [1.54, 1.807) is 6.07 Å². The molecule has 5 heteroatoms. The normalized spacial score (nSPS) is 10.4. The highest BCUT2D eigenvalue weighted by Crippen LogP contribution is 2.05. The molecule has 1 heterocycles. The lowest BCUT2D eigenvalue weighted by molar-refractivity contribution is -0.135. The Morgan fingerprint density at radius 2 is 2.15 bits per heavy atom. The summed E-state index contributed by atoms with van der Waals surface area (Å²) >= 11 is 0. The standard InChI is InChI=1S/C15H18N2O3/c1-12-10-14(20-16-12)11-19-17-15(18)9-5-8-13-6-3-2-4-7-13/h2-4,6-7,10H,5,8-9,11H2,1H3,(H,17,18). The second-order valence-electron chi connectivity index (χ2n) is 4.59. The average molecular weight is 274 g/mol. The monoisotopic (exact) mass is 274 g/mol. The van der Waals surface area contributed by atoms with Crippen molar-refractivity contribution in [3.63, 3.8) is 0 Å². The minimum absolute atomic E-state index is 0.128. The first kappa shape index (κ1) is 14.3. The number of rotatable bonds is 7. The van der Waals surface area contributed by atoms with Gasteiger partial charge in [0.25, 0.3) is 0 Å². The van der Waals surface area contributed by atoms with Crippen molar-refractivity contribution in [3.05, 3.63) is 53.4 Å². The molecule has 0 bridgehead atoms. The van der Waals surface area contributed by atoms with Crippen molar-refractivity contribution in [1.82, 2.24) is 10.6 Å². The molecule has 5 nitrogen and oxygen atoms in total. The molecule has 0 atom stereocenters. The molecule has 1 aromatic heterocycles. The molecule has 1 aromatic carbocycles. The van der Waals surface area contributed by atoms with E-state index in [0.717, 1.165) is 18.5 Å². The van der Waals surface area contributed by atoms with Crippen LogP contribution in [0.3, 0.4) is 0 Å². The van der Waals surface area contributed by atoms with Crippen LogP contribution in [0, 0.1) is 6.92 Å². The maximum absolute atomic E-state index is 11.5. The van der Waals surface area contributed by atoms with E-state index < -0.39 is 0 Å². The molecule has 0 aliphatic heterocycles. The molecule has 0 radical (unpaired) electrons. The fourth-order valence-electron chi connectivity index (χ4n) is 1.82. The van der Waals surface area contributed by atoms with Crippen molar-refractivity contribution < 1.29 is 14.2 Å².